The molecule has 0 bridgehead atoms. The van der Waals surface area contributed by atoms with Crippen LogP contribution in [0.25, 0.3) is 85.1 Å². The number of esters is 1. The summed E-state index contributed by atoms with van der Waals surface area (Å²) in [5.41, 5.74) is 13.9. The van der Waals surface area contributed by atoms with Gasteiger partial charge in [0, 0.05) is 28.9 Å². The Hall–Kier alpha value is -8.94. The van der Waals surface area contributed by atoms with E-state index in [0.717, 1.165) is 85.4 Å². The molecule has 0 saturated carbocycles. The molecule has 0 aliphatic heterocycles. The predicted octanol–water partition coefficient (Wildman–Crippen LogP) is 33.8. The summed E-state index contributed by atoms with van der Waals surface area (Å²) in [5.74, 6) is 4.77. The molecule has 109 heavy (non-hydrogen) atoms. The van der Waals surface area contributed by atoms with E-state index < -0.39 is 5.41 Å². The first-order chi connectivity index (χ1) is 47.0. The molecule has 14 aromatic rings. The zero-order chi connectivity index (χ0) is 68.8. The summed E-state index contributed by atoms with van der Waals surface area (Å²) in [6.45, 7) is 27.7. The van der Waals surface area contributed by atoms with Crippen molar-refractivity contribution in [3.05, 3.63) is 252 Å². The second-order valence-electron chi connectivity index (χ2n) is 25.3. The molecule has 0 saturated heterocycles. The van der Waals surface area contributed by atoms with E-state index in [0.29, 0.717) is 35.3 Å². The molecule has 596 valence electrons. The average molecular weight is 1540 g/mol. The number of para-hydroxylation sites is 5. The first kappa shape index (κ1) is 106. The maximum atomic E-state index is 12.1. The van der Waals surface area contributed by atoms with Crippen LogP contribution in [-0.4, -0.2) is 30.9 Å². The summed E-state index contributed by atoms with van der Waals surface area (Å²) in [4.78, 5) is 35.1. The third-order valence-electron chi connectivity index (χ3n) is 17.9. The normalized spacial score (nSPS) is 11.3. The van der Waals surface area contributed by atoms with Gasteiger partial charge in [0.1, 0.15) is 26.8 Å². The highest BCUT2D eigenvalue weighted by Gasteiger charge is 2.28. The van der Waals surface area contributed by atoms with E-state index in [1.165, 1.54) is 66.2 Å². The number of thiazole rings is 3. The van der Waals surface area contributed by atoms with Crippen molar-refractivity contribution < 1.29 is 18.4 Å². The standard InChI is InChI=1S/C19H19NO2S.C17H17NO.C17H17NS.C11H13NO.C11H13NS.C10H14.12CH4/c1-4-19(2,3)18(21)22-14-11-9-13(10-12-14)17-20-15-7-5-6-8-16(15)23-17;1-3-12(2)17-18-15-11-14(9-10-16(15)19-17)13-7-5-4-6-8-13;1-3-12(2)13-8-10-14(11-9-13)17-18-15-6-4-5-7-16(15)19-17;2*1-3-8(2)11-12-9-6-4-5-7-10(9)13-11;1-3-9(2)10-7-5-4-6-8-10;;;;;;;;;;;;/h5-12H,4H2,1-3H3;2*4-12H,3H2,1-2H3;2*4-8H,3H2,1-2H3;4-9H,3H2,1-2H3;12*1H4. The van der Waals surface area contributed by atoms with Crippen molar-refractivity contribution in [1.29, 1.82) is 0 Å². The van der Waals surface area contributed by atoms with E-state index >= 15 is 0 Å². The molecule has 9 nitrogen and oxygen atoms in total. The molecule has 0 aliphatic carbocycles. The maximum Gasteiger partial charge on any atom is 0.316 e. The number of nitrogens with zero attached hydrogens (tertiary/aromatic N) is 5. The monoisotopic (exact) mass is 1540 g/mol. The molecule has 0 radical (unpaired) electrons. The Balaban J connectivity index is -0.000000604. The van der Waals surface area contributed by atoms with Crippen LogP contribution < -0.4 is 4.74 Å². The summed E-state index contributed by atoms with van der Waals surface area (Å²) >= 11 is 5.24. The number of aromatic nitrogens is 5. The fourth-order valence-electron chi connectivity index (χ4n) is 9.95. The molecule has 0 amide bonds. The second-order valence-corrected chi connectivity index (χ2v) is 28.5. The number of carbonyl (C=O) groups is 1. The fourth-order valence-corrected chi connectivity index (χ4v) is 13.0. The van der Waals surface area contributed by atoms with E-state index in [1.807, 2.05) is 135 Å². The van der Waals surface area contributed by atoms with Crippen LogP contribution in [0.4, 0.5) is 0 Å². The van der Waals surface area contributed by atoms with Crippen LogP contribution in [0, 0.1) is 5.41 Å². The molecule has 0 N–H and O–H groups in total. The van der Waals surface area contributed by atoms with Crippen molar-refractivity contribution in [1.82, 2.24) is 24.9 Å². The summed E-state index contributed by atoms with van der Waals surface area (Å²) in [5, 5.41) is 3.35. The third-order valence-corrected chi connectivity index (χ3v) is 21.3. The quantitative estimate of drug-likeness (QED) is 0.0688. The van der Waals surface area contributed by atoms with Crippen LogP contribution in [0.3, 0.4) is 0 Å². The lowest BCUT2D eigenvalue weighted by Crippen LogP contribution is -2.28. The Bertz CT molecular complexity index is 4470. The van der Waals surface area contributed by atoms with Gasteiger partial charge in [-0.3, -0.25) is 4.79 Å². The number of rotatable bonds is 16. The van der Waals surface area contributed by atoms with Gasteiger partial charge in [-0.2, -0.15) is 0 Å². The summed E-state index contributed by atoms with van der Waals surface area (Å²) in [6, 6.07) is 76.2. The first-order valence-corrected chi connectivity index (χ1v) is 36.8. The van der Waals surface area contributed by atoms with Gasteiger partial charge in [-0.15, -0.1) is 34.0 Å². The van der Waals surface area contributed by atoms with Gasteiger partial charge in [0.25, 0.3) is 0 Å². The van der Waals surface area contributed by atoms with Gasteiger partial charge in [-0.1, -0.05) is 305 Å². The summed E-state index contributed by atoms with van der Waals surface area (Å²) in [7, 11) is 0. The van der Waals surface area contributed by atoms with Crippen LogP contribution in [0.2, 0.25) is 0 Å². The Kier molecular flexibility index (Phi) is 51.0. The highest BCUT2D eigenvalue weighted by Crippen LogP contribution is 2.35. The zero-order valence-corrected chi connectivity index (χ0v) is 61.0. The minimum Gasteiger partial charge on any atom is -0.440 e. The van der Waals surface area contributed by atoms with Crippen molar-refractivity contribution in [2.45, 2.75) is 247 Å². The number of fused-ring (bicyclic) bond motifs is 5. The summed E-state index contributed by atoms with van der Waals surface area (Å²) in [6.07, 6.45) is 6.42. The van der Waals surface area contributed by atoms with Crippen molar-refractivity contribution in [2.24, 2.45) is 5.41 Å². The molecule has 12 heteroatoms. The number of hydrogen-bond acceptors (Lipinski definition) is 12. The third kappa shape index (κ3) is 29.1. The Morgan fingerprint density at radius 3 is 1.13 bits per heavy atom. The molecular weight excluding hydrogens is 1400 g/mol. The fraction of sp³-hybridized carbons (Fsp3) is 0.381. The molecule has 0 spiro atoms. The van der Waals surface area contributed by atoms with E-state index in [9.17, 15) is 4.79 Å². The molecule has 5 atom stereocenters. The maximum absolute atomic E-state index is 12.1. The van der Waals surface area contributed by atoms with Gasteiger partial charge in [0.05, 0.1) is 41.1 Å². The van der Waals surface area contributed by atoms with Crippen LogP contribution in [0.1, 0.15) is 275 Å². The lowest BCUT2D eigenvalue weighted by Gasteiger charge is -2.20. The Morgan fingerprint density at radius 1 is 0.349 bits per heavy atom. The van der Waals surface area contributed by atoms with Crippen molar-refractivity contribution in [3.63, 3.8) is 0 Å². The van der Waals surface area contributed by atoms with Crippen LogP contribution >= 0.6 is 34.0 Å². The second kappa shape index (κ2) is 52.2. The van der Waals surface area contributed by atoms with Crippen LogP contribution in [0.15, 0.2) is 233 Å². The predicted molar refractivity (Wildman–Crippen MR) is 494 cm³/mol. The number of hydrogen-bond donors (Lipinski definition) is 0. The van der Waals surface area contributed by atoms with Gasteiger partial charge >= 0.3 is 5.97 Å². The van der Waals surface area contributed by atoms with Gasteiger partial charge in [-0.05, 0) is 171 Å². The van der Waals surface area contributed by atoms with Crippen molar-refractivity contribution >= 4 is 92.8 Å². The largest absolute Gasteiger partial charge is 0.440 e. The van der Waals surface area contributed by atoms with E-state index in [-0.39, 0.29) is 95.1 Å². The van der Waals surface area contributed by atoms with Gasteiger partial charge in [0.15, 0.2) is 22.9 Å². The number of benzene rings is 9. The molecule has 14 rings (SSSR count). The molecule has 5 aromatic heterocycles. The Morgan fingerprint density at radius 2 is 0.706 bits per heavy atom. The molecule has 5 heterocycles. The number of oxazole rings is 2. The molecular formula is C97H141N5O4S3. The molecule has 0 aliphatic rings. The van der Waals surface area contributed by atoms with E-state index in [1.54, 1.807) is 22.7 Å². The highest BCUT2D eigenvalue weighted by atomic mass is 32.1. The lowest BCUT2D eigenvalue weighted by atomic mass is 9.91. The first-order valence-electron chi connectivity index (χ1n) is 34.4. The van der Waals surface area contributed by atoms with Crippen LogP contribution in [0.5, 0.6) is 5.75 Å². The number of carbonyl (C=O) groups excluding carboxylic acids is 1. The van der Waals surface area contributed by atoms with Gasteiger partial charge in [-0.25, -0.2) is 24.9 Å². The zero-order valence-electron chi connectivity index (χ0n) is 58.6. The minimum absolute atomic E-state index is 0. The van der Waals surface area contributed by atoms with Gasteiger partial charge in [0.2, 0.25) is 0 Å². The smallest absolute Gasteiger partial charge is 0.316 e. The van der Waals surface area contributed by atoms with Crippen molar-refractivity contribution in [3.8, 4) is 38.0 Å². The summed E-state index contributed by atoms with van der Waals surface area (Å²) < 4.78 is 20.6. The lowest BCUT2D eigenvalue weighted by molar-refractivity contribution is -0.144. The highest BCUT2D eigenvalue weighted by molar-refractivity contribution is 7.22. The topological polar surface area (TPSA) is 117 Å². The van der Waals surface area contributed by atoms with E-state index in [2.05, 4.69) is 211 Å². The molecule has 5 unspecified atom stereocenters. The van der Waals surface area contributed by atoms with Gasteiger partial charge < -0.3 is 13.6 Å². The Labute approximate surface area is 674 Å². The van der Waals surface area contributed by atoms with E-state index in [4.69, 9.17) is 18.6 Å². The van der Waals surface area contributed by atoms with Crippen LogP contribution in [-0.2, 0) is 4.79 Å². The SMILES string of the molecule is C.C.C.C.C.C.C.C.C.C.C.C.CCC(C)(C)C(=O)Oc1ccc(-c2nc3ccccc3s2)cc1.CCC(C)c1ccc(-c2nc3ccccc3s2)cc1.CCC(C)c1ccccc1.CCC(C)c1nc2cc(-c3ccccc3)ccc2o1.CCC(C)c1nc2ccccc2o1.CCC(C)c1nc2ccccc2s1. The molecule has 0 fully saturated rings. The van der Waals surface area contributed by atoms with Crippen molar-refractivity contribution in [2.75, 3.05) is 0 Å². The molecule has 9 aromatic carbocycles. The minimum atomic E-state index is -0.467. The number of ether oxygens (including phenoxy) is 1. The average Bonchev–Trinajstić information content (AvgIpc) is 1.70.